The van der Waals surface area contributed by atoms with Gasteiger partial charge in [0.15, 0.2) is 5.13 Å². The Bertz CT molecular complexity index is 900. The maximum Gasteiger partial charge on any atom is 0.242 e. The molecule has 0 aliphatic heterocycles. The lowest BCUT2D eigenvalue weighted by Gasteiger charge is -2.15. The van der Waals surface area contributed by atoms with Crippen molar-refractivity contribution in [3.05, 3.63) is 54.1 Å². The number of anilines is 1. The van der Waals surface area contributed by atoms with Gasteiger partial charge in [-0.3, -0.25) is 0 Å². The fourth-order valence-corrected chi connectivity index (χ4v) is 4.19. The molecular formula is C16H17N3O2S2. The van der Waals surface area contributed by atoms with E-state index in [1.165, 1.54) is 18.4 Å². The van der Waals surface area contributed by atoms with Crippen LogP contribution in [0.3, 0.4) is 0 Å². The monoisotopic (exact) mass is 347 g/mol. The molecule has 7 heteroatoms. The van der Waals surface area contributed by atoms with E-state index in [-0.39, 0.29) is 0 Å². The fourth-order valence-electron chi connectivity index (χ4n) is 2.22. The van der Waals surface area contributed by atoms with Crippen molar-refractivity contribution in [2.75, 3.05) is 19.4 Å². The summed E-state index contributed by atoms with van der Waals surface area (Å²) in [6.07, 6.45) is 0. The first-order valence-corrected chi connectivity index (χ1v) is 9.34. The third-order valence-electron chi connectivity index (χ3n) is 3.46. The zero-order valence-electron chi connectivity index (χ0n) is 12.9. The van der Waals surface area contributed by atoms with Gasteiger partial charge in [0.25, 0.3) is 0 Å². The van der Waals surface area contributed by atoms with Crippen LogP contribution in [0.4, 0.5) is 5.13 Å². The topological polar surface area (TPSA) is 62.3 Å². The highest BCUT2D eigenvalue weighted by molar-refractivity contribution is 7.89. The van der Waals surface area contributed by atoms with Crippen LogP contribution in [-0.4, -0.2) is 31.8 Å². The molecule has 0 bridgehead atoms. The Morgan fingerprint density at radius 1 is 1.09 bits per heavy atom. The minimum absolute atomic E-state index is 0.318. The predicted octanol–water partition coefficient (Wildman–Crippen LogP) is 3.16. The van der Waals surface area contributed by atoms with Crippen LogP contribution in [0, 0.1) is 0 Å². The second-order valence-electron chi connectivity index (χ2n) is 5.24. The molecule has 0 atom stereocenters. The highest BCUT2D eigenvalue weighted by Crippen LogP contribution is 2.26. The molecule has 23 heavy (non-hydrogen) atoms. The van der Waals surface area contributed by atoms with Crippen LogP contribution in [0.2, 0.25) is 0 Å². The Morgan fingerprint density at radius 2 is 1.78 bits per heavy atom. The number of fused-ring (bicyclic) bond motifs is 1. The Labute approximate surface area is 139 Å². The van der Waals surface area contributed by atoms with Gasteiger partial charge in [0, 0.05) is 20.6 Å². The Kier molecular flexibility index (Phi) is 4.34. The molecule has 1 aromatic heterocycles. The number of hydrogen-bond donors (Lipinski definition) is 1. The molecule has 0 amide bonds. The number of nitrogens with one attached hydrogen (secondary N) is 1. The van der Waals surface area contributed by atoms with E-state index in [0.717, 1.165) is 20.9 Å². The molecule has 0 aliphatic carbocycles. The number of para-hydroxylation sites is 1. The second-order valence-corrected chi connectivity index (χ2v) is 8.39. The average Bonchev–Trinajstić information content (AvgIpc) is 2.96. The molecule has 0 saturated carbocycles. The fraction of sp³-hybridized carbons (Fsp3) is 0.188. The van der Waals surface area contributed by atoms with E-state index >= 15 is 0 Å². The number of hydrogen-bond acceptors (Lipinski definition) is 5. The third-order valence-corrected chi connectivity index (χ3v) is 6.36. The molecule has 1 N–H and O–H groups in total. The summed E-state index contributed by atoms with van der Waals surface area (Å²) in [5, 5.41) is 4.01. The number of aromatic nitrogens is 1. The van der Waals surface area contributed by atoms with Crippen LogP contribution < -0.4 is 5.32 Å². The molecule has 0 aliphatic rings. The lowest BCUT2D eigenvalue weighted by Crippen LogP contribution is -2.23. The standard InChI is InChI=1S/C16H17N3O2S2/c1-19(2)23(20,21)15-10-6-3-7-12(15)11-17-16-18-13-8-4-5-9-14(13)22-16/h3-10H,11H2,1-2H3,(H,17,18). The van der Waals surface area contributed by atoms with Gasteiger partial charge in [-0.05, 0) is 23.8 Å². The first kappa shape index (κ1) is 15.9. The van der Waals surface area contributed by atoms with Crippen LogP contribution in [0.5, 0.6) is 0 Å². The summed E-state index contributed by atoms with van der Waals surface area (Å²) in [5.74, 6) is 0. The van der Waals surface area contributed by atoms with Crippen molar-refractivity contribution in [2.45, 2.75) is 11.4 Å². The molecule has 0 spiro atoms. The number of nitrogens with zero attached hydrogens (tertiary/aromatic N) is 2. The minimum atomic E-state index is -3.46. The first-order chi connectivity index (χ1) is 11.0. The SMILES string of the molecule is CN(C)S(=O)(=O)c1ccccc1CNc1nc2ccccc2s1. The van der Waals surface area contributed by atoms with Crippen molar-refractivity contribution in [3.8, 4) is 0 Å². The summed E-state index contributed by atoms with van der Waals surface area (Å²) >= 11 is 1.55. The van der Waals surface area contributed by atoms with Crippen LogP contribution >= 0.6 is 11.3 Å². The number of rotatable bonds is 5. The van der Waals surface area contributed by atoms with Gasteiger partial charge < -0.3 is 5.32 Å². The summed E-state index contributed by atoms with van der Waals surface area (Å²) in [7, 11) is -0.391. The van der Waals surface area contributed by atoms with Gasteiger partial charge in [0.2, 0.25) is 10.0 Å². The van der Waals surface area contributed by atoms with Gasteiger partial charge in [-0.25, -0.2) is 17.7 Å². The van der Waals surface area contributed by atoms with E-state index in [0.29, 0.717) is 11.4 Å². The smallest absolute Gasteiger partial charge is 0.242 e. The van der Waals surface area contributed by atoms with E-state index in [4.69, 9.17) is 0 Å². The van der Waals surface area contributed by atoms with E-state index in [9.17, 15) is 8.42 Å². The molecule has 0 radical (unpaired) electrons. The first-order valence-electron chi connectivity index (χ1n) is 7.08. The van der Waals surface area contributed by atoms with Crippen LogP contribution in [0.25, 0.3) is 10.2 Å². The van der Waals surface area contributed by atoms with E-state index in [2.05, 4.69) is 10.3 Å². The van der Waals surface area contributed by atoms with Gasteiger partial charge in [0.1, 0.15) is 0 Å². The molecule has 3 rings (SSSR count). The van der Waals surface area contributed by atoms with E-state index < -0.39 is 10.0 Å². The van der Waals surface area contributed by atoms with Crippen molar-refractivity contribution in [2.24, 2.45) is 0 Å². The van der Waals surface area contributed by atoms with Gasteiger partial charge in [0.05, 0.1) is 15.1 Å². The zero-order valence-corrected chi connectivity index (χ0v) is 14.5. The van der Waals surface area contributed by atoms with Crippen LogP contribution in [0.15, 0.2) is 53.4 Å². The average molecular weight is 347 g/mol. The van der Waals surface area contributed by atoms with Crippen molar-refractivity contribution >= 4 is 36.7 Å². The number of sulfonamides is 1. The van der Waals surface area contributed by atoms with Gasteiger partial charge in [-0.15, -0.1) is 0 Å². The predicted molar refractivity (Wildman–Crippen MR) is 94.3 cm³/mol. The molecule has 0 unspecified atom stereocenters. The zero-order chi connectivity index (χ0) is 16.4. The Hall–Kier alpha value is -1.96. The van der Waals surface area contributed by atoms with Crippen molar-refractivity contribution < 1.29 is 8.42 Å². The van der Waals surface area contributed by atoms with Crippen molar-refractivity contribution in [1.29, 1.82) is 0 Å². The van der Waals surface area contributed by atoms with Crippen molar-refractivity contribution in [3.63, 3.8) is 0 Å². The Morgan fingerprint density at radius 3 is 2.52 bits per heavy atom. The quantitative estimate of drug-likeness (QED) is 0.770. The second kappa shape index (κ2) is 6.27. The van der Waals surface area contributed by atoms with Crippen LogP contribution in [-0.2, 0) is 16.6 Å². The highest BCUT2D eigenvalue weighted by Gasteiger charge is 2.20. The number of thiazole rings is 1. The van der Waals surface area contributed by atoms with Crippen LogP contribution in [0.1, 0.15) is 5.56 Å². The van der Waals surface area contributed by atoms with E-state index in [1.807, 2.05) is 36.4 Å². The maximum atomic E-state index is 12.4. The largest absolute Gasteiger partial charge is 0.357 e. The summed E-state index contributed by atoms with van der Waals surface area (Å²) in [4.78, 5) is 4.82. The molecule has 1 heterocycles. The molecule has 0 fully saturated rings. The van der Waals surface area contributed by atoms with Gasteiger partial charge in [-0.2, -0.15) is 0 Å². The molecule has 3 aromatic rings. The highest BCUT2D eigenvalue weighted by atomic mass is 32.2. The molecule has 120 valence electrons. The molecule has 2 aromatic carbocycles. The molecule has 5 nitrogen and oxygen atoms in total. The summed E-state index contributed by atoms with van der Waals surface area (Å²) in [5.41, 5.74) is 1.66. The molecule has 0 saturated heterocycles. The number of benzene rings is 2. The lowest BCUT2D eigenvalue weighted by atomic mass is 10.2. The van der Waals surface area contributed by atoms with Crippen molar-refractivity contribution in [1.82, 2.24) is 9.29 Å². The minimum Gasteiger partial charge on any atom is -0.357 e. The molecular weight excluding hydrogens is 330 g/mol. The van der Waals surface area contributed by atoms with E-state index in [1.54, 1.807) is 23.5 Å². The third kappa shape index (κ3) is 3.21. The lowest BCUT2D eigenvalue weighted by molar-refractivity contribution is 0.520. The van der Waals surface area contributed by atoms with Gasteiger partial charge in [-0.1, -0.05) is 41.7 Å². The maximum absolute atomic E-state index is 12.4. The van der Waals surface area contributed by atoms with Gasteiger partial charge >= 0.3 is 0 Å². The summed E-state index contributed by atoms with van der Waals surface area (Å²) < 4.78 is 27.1. The normalized spacial score (nSPS) is 12.0. The summed E-state index contributed by atoms with van der Waals surface area (Å²) in [6.45, 7) is 0.406. The summed E-state index contributed by atoms with van der Waals surface area (Å²) in [6, 6.07) is 14.9. The Balaban J connectivity index is 1.86.